The zero-order valence-electron chi connectivity index (χ0n) is 18.4. The Labute approximate surface area is 184 Å². The maximum Gasteiger partial charge on any atom is 0.243 e. The first-order valence-electron chi connectivity index (χ1n) is 10.4. The molecule has 2 aromatic carbocycles. The number of ether oxygens (including phenoxy) is 2. The van der Waals surface area contributed by atoms with E-state index in [0.717, 1.165) is 11.1 Å². The minimum atomic E-state index is -3.62. The van der Waals surface area contributed by atoms with Gasteiger partial charge in [0.1, 0.15) is 0 Å². The lowest BCUT2D eigenvalue weighted by Gasteiger charge is -2.32. The van der Waals surface area contributed by atoms with Gasteiger partial charge in [-0.25, -0.2) is 8.42 Å². The number of carbonyl (C=O) groups excluding carboxylic acids is 1. The second-order valence-corrected chi connectivity index (χ2v) is 9.80. The minimum Gasteiger partial charge on any atom is -0.493 e. The van der Waals surface area contributed by atoms with Gasteiger partial charge in [-0.15, -0.1) is 0 Å². The summed E-state index contributed by atoms with van der Waals surface area (Å²) in [5.74, 6) is 0.672. The Bertz CT molecular complexity index is 1020. The fourth-order valence-corrected chi connectivity index (χ4v) is 5.29. The minimum absolute atomic E-state index is 0.147. The Morgan fingerprint density at radius 2 is 1.77 bits per heavy atom. The number of nitrogens with one attached hydrogen (secondary N) is 1. The van der Waals surface area contributed by atoms with E-state index in [1.54, 1.807) is 44.6 Å². The summed E-state index contributed by atoms with van der Waals surface area (Å²) >= 11 is 0. The normalized spacial score (nSPS) is 18.3. The molecule has 1 amide bonds. The lowest BCUT2D eigenvalue weighted by Crippen LogP contribution is -2.45. The monoisotopic (exact) mass is 446 g/mol. The summed E-state index contributed by atoms with van der Waals surface area (Å²) in [5, 5.41) is 3.02. The van der Waals surface area contributed by atoms with Crippen molar-refractivity contribution in [3.8, 4) is 11.5 Å². The van der Waals surface area contributed by atoms with Crippen molar-refractivity contribution in [2.45, 2.75) is 37.6 Å². The number of rotatable bonds is 7. The van der Waals surface area contributed by atoms with Gasteiger partial charge in [-0.1, -0.05) is 23.8 Å². The number of piperidine rings is 1. The van der Waals surface area contributed by atoms with E-state index >= 15 is 0 Å². The molecule has 0 saturated carbocycles. The molecule has 3 rings (SSSR count). The SMILES string of the molecule is COc1ccc([C@@H](C)NC(=O)[C@@H]2CCCN(S(=O)(=O)c3ccc(C)cc3)C2)cc1OC. The average Bonchev–Trinajstić information content (AvgIpc) is 2.78. The third-order valence-corrected chi connectivity index (χ3v) is 7.56. The van der Waals surface area contributed by atoms with Crippen LogP contribution in [0.1, 0.15) is 36.9 Å². The van der Waals surface area contributed by atoms with Crippen LogP contribution in [0, 0.1) is 12.8 Å². The van der Waals surface area contributed by atoms with E-state index in [-0.39, 0.29) is 23.4 Å². The number of amides is 1. The molecule has 1 fully saturated rings. The number of nitrogens with zero attached hydrogens (tertiary/aromatic N) is 1. The number of sulfonamides is 1. The van der Waals surface area contributed by atoms with Crippen molar-refractivity contribution in [2.75, 3.05) is 27.3 Å². The highest BCUT2D eigenvalue weighted by atomic mass is 32.2. The highest BCUT2D eigenvalue weighted by molar-refractivity contribution is 7.89. The second kappa shape index (κ2) is 9.70. The van der Waals surface area contributed by atoms with Crippen LogP contribution in [0.15, 0.2) is 47.4 Å². The first kappa shape index (κ1) is 23.1. The largest absolute Gasteiger partial charge is 0.493 e. The Hall–Kier alpha value is -2.58. The summed E-state index contributed by atoms with van der Waals surface area (Å²) in [6, 6.07) is 12.1. The van der Waals surface area contributed by atoms with Gasteiger partial charge in [-0.2, -0.15) is 4.31 Å². The molecule has 168 valence electrons. The van der Waals surface area contributed by atoms with Gasteiger partial charge in [0.2, 0.25) is 15.9 Å². The lowest BCUT2D eigenvalue weighted by molar-refractivity contribution is -0.126. The summed E-state index contributed by atoms with van der Waals surface area (Å²) in [6.07, 6.45) is 1.30. The molecule has 1 saturated heterocycles. The number of hydrogen-bond donors (Lipinski definition) is 1. The van der Waals surface area contributed by atoms with Crippen LogP contribution in [0.25, 0.3) is 0 Å². The molecule has 31 heavy (non-hydrogen) atoms. The van der Waals surface area contributed by atoms with Gasteiger partial charge in [-0.3, -0.25) is 4.79 Å². The second-order valence-electron chi connectivity index (χ2n) is 7.86. The highest BCUT2D eigenvalue weighted by Crippen LogP contribution is 2.30. The first-order chi connectivity index (χ1) is 14.8. The predicted molar refractivity (Wildman–Crippen MR) is 119 cm³/mol. The zero-order valence-corrected chi connectivity index (χ0v) is 19.2. The van der Waals surface area contributed by atoms with Gasteiger partial charge < -0.3 is 14.8 Å². The molecule has 0 spiro atoms. The number of benzene rings is 2. The molecule has 0 bridgehead atoms. The molecule has 0 aromatic heterocycles. The van der Waals surface area contributed by atoms with Gasteiger partial charge in [0.05, 0.1) is 31.1 Å². The van der Waals surface area contributed by atoms with Crippen molar-refractivity contribution < 1.29 is 22.7 Å². The maximum absolute atomic E-state index is 13.0. The molecule has 0 unspecified atom stereocenters. The first-order valence-corrected chi connectivity index (χ1v) is 11.8. The molecule has 7 nitrogen and oxygen atoms in total. The molecule has 1 aliphatic heterocycles. The van der Waals surface area contributed by atoms with E-state index < -0.39 is 15.9 Å². The summed E-state index contributed by atoms with van der Waals surface area (Å²) in [5.41, 5.74) is 1.88. The molecular formula is C23H30N2O5S. The summed E-state index contributed by atoms with van der Waals surface area (Å²) in [7, 11) is -0.483. The highest BCUT2D eigenvalue weighted by Gasteiger charge is 2.33. The molecule has 0 aliphatic carbocycles. The van der Waals surface area contributed by atoms with Gasteiger partial charge >= 0.3 is 0 Å². The zero-order chi connectivity index (χ0) is 22.6. The van der Waals surface area contributed by atoms with Crippen LogP contribution in [0.3, 0.4) is 0 Å². The Morgan fingerprint density at radius 3 is 2.42 bits per heavy atom. The standard InChI is InChI=1S/C23H30N2O5S/c1-16-7-10-20(11-8-16)31(27,28)25-13-5-6-19(15-25)23(26)24-17(2)18-9-12-21(29-3)22(14-18)30-4/h7-12,14,17,19H,5-6,13,15H2,1-4H3,(H,24,26)/t17-,19-/m1/s1. The summed E-state index contributed by atoms with van der Waals surface area (Å²) in [4.78, 5) is 13.2. The molecule has 2 aromatic rings. The number of aryl methyl sites for hydroxylation is 1. The molecular weight excluding hydrogens is 416 g/mol. The molecule has 1 heterocycles. The van der Waals surface area contributed by atoms with Crippen LogP contribution in [-0.4, -0.2) is 45.9 Å². The Morgan fingerprint density at radius 1 is 1.10 bits per heavy atom. The van der Waals surface area contributed by atoms with Crippen molar-refractivity contribution in [3.63, 3.8) is 0 Å². The van der Waals surface area contributed by atoms with E-state index in [9.17, 15) is 13.2 Å². The van der Waals surface area contributed by atoms with Gasteiger partial charge in [0, 0.05) is 13.1 Å². The van der Waals surface area contributed by atoms with Crippen molar-refractivity contribution in [3.05, 3.63) is 53.6 Å². The number of methoxy groups -OCH3 is 2. The van der Waals surface area contributed by atoms with Crippen LogP contribution in [0.5, 0.6) is 11.5 Å². The smallest absolute Gasteiger partial charge is 0.243 e. The summed E-state index contributed by atoms with van der Waals surface area (Å²) in [6.45, 7) is 4.41. The van der Waals surface area contributed by atoms with Gasteiger partial charge in [-0.05, 0) is 56.5 Å². The third-order valence-electron chi connectivity index (χ3n) is 5.68. The average molecular weight is 447 g/mol. The lowest BCUT2D eigenvalue weighted by atomic mass is 9.98. The van der Waals surface area contributed by atoms with Crippen LogP contribution in [-0.2, 0) is 14.8 Å². The Kier molecular flexibility index (Phi) is 7.23. The Balaban J connectivity index is 1.69. The van der Waals surface area contributed by atoms with Crippen LogP contribution in [0.4, 0.5) is 0 Å². The predicted octanol–water partition coefficient (Wildman–Crippen LogP) is 3.29. The van der Waals surface area contributed by atoms with E-state index in [4.69, 9.17) is 9.47 Å². The fraction of sp³-hybridized carbons (Fsp3) is 0.435. The van der Waals surface area contributed by atoms with Gasteiger partial charge in [0.25, 0.3) is 0 Å². The van der Waals surface area contributed by atoms with Crippen molar-refractivity contribution in [2.24, 2.45) is 5.92 Å². The van der Waals surface area contributed by atoms with Crippen molar-refractivity contribution >= 4 is 15.9 Å². The van der Waals surface area contributed by atoms with Crippen LogP contribution >= 0.6 is 0 Å². The molecule has 1 aliphatic rings. The maximum atomic E-state index is 13.0. The van der Waals surface area contributed by atoms with E-state index in [1.807, 2.05) is 26.0 Å². The molecule has 0 radical (unpaired) electrons. The number of hydrogen-bond acceptors (Lipinski definition) is 5. The molecule has 1 N–H and O–H groups in total. The van der Waals surface area contributed by atoms with Crippen molar-refractivity contribution in [1.82, 2.24) is 9.62 Å². The van der Waals surface area contributed by atoms with E-state index in [1.165, 1.54) is 4.31 Å². The fourth-order valence-electron chi connectivity index (χ4n) is 3.77. The van der Waals surface area contributed by atoms with E-state index in [2.05, 4.69) is 5.32 Å². The van der Waals surface area contributed by atoms with Crippen LogP contribution < -0.4 is 14.8 Å². The third kappa shape index (κ3) is 5.19. The summed E-state index contributed by atoms with van der Waals surface area (Å²) < 4.78 is 38.0. The quantitative estimate of drug-likeness (QED) is 0.706. The van der Waals surface area contributed by atoms with E-state index in [0.29, 0.717) is 30.9 Å². The van der Waals surface area contributed by atoms with Crippen molar-refractivity contribution in [1.29, 1.82) is 0 Å². The molecule has 8 heteroatoms. The molecule has 2 atom stereocenters. The topological polar surface area (TPSA) is 84.9 Å². The van der Waals surface area contributed by atoms with Gasteiger partial charge in [0.15, 0.2) is 11.5 Å². The number of carbonyl (C=O) groups is 1. The van der Waals surface area contributed by atoms with Crippen LogP contribution in [0.2, 0.25) is 0 Å².